The maximum absolute atomic E-state index is 13.5. The van der Waals surface area contributed by atoms with Crippen LogP contribution in [-0.4, -0.2) is 36.2 Å². The number of ether oxygens (including phenoxy) is 2. The SMILES string of the molecule is CCOC1CCC([C@@H](CC(=O)N2C(=O)OC[C@H]2c2ccccc2)c2ccc(Cl)cc2)CC1. The van der Waals surface area contributed by atoms with E-state index in [0.29, 0.717) is 17.0 Å². The quantitative estimate of drug-likeness (QED) is 0.504. The van der Waals surface area contributed by atoms with E-state index < -0.39 is 6.09 Å². The number of hydrogen-bond donors (Lipinski definition) is 0. The standard InChI is InChI=1S/C26H30ClNO4/c1-2-31-22-14-10-19(11-15-22)23(18-8-12-21(27)13-9-18)16-25(29)28-24(17-32-26(28)30)20-6-4-3-5-7-20/h3-9,12-13,19,22-24H,2,10-11,14-17H2,1H3/t19?,22?,23-,24-/m0/s1. The van der Waals surface area contributed by atoms with Crippen molar-refractivity contribution in [3.8, 4) is 0 Å². The summed E-state index contributed by atoms with van der Waals surface area (Å²) in [6, 6.07) is 17.0. The zero-order valence-electron chi connectivity index (χ0n) is 18.4. The van der Waals surface area contributed by atoms with Gasteiger partial charge in [-0.15, -0.1) is 0 Å². The highest BCUT2D eigenvalue weighted by Gasteiger charge is 2.40. The van der Waals surface area contributed by atoms with Crippen LogP contribution in [0.4, 0.5) is 4.79 Å². The third kappa shape index (κ3) is 5.16. The molecule has 5 nitrogen and oxygen atoms in total. The van der Waals surface area contributed by atoms with Crippen molar-refractivity contribution in [1.29, 1.82) is 0 Å². The Kier molecular flexibility index (Phi) is 7.48. The number of cyclic esters (lactones) is 1. The molecule has 0 radical (unpaired) electrons. The number of carbonyl (C=O) groups excluding carboxylic acids is 2. The van der Waals surface area contributed by atoms with Crippen LogP contribution >= 0.6 is 11.6 Å². The Bertz CT molecular complexity index is 909. The van der Waals surface area contributed by atoms with Crippen molar-refractivity contribution < 1.29 is 19.1 Å². The number of rotatable bonds is 7. The van der Waals surface area contributed by atoms with Gasteiger partial charge in [-0.25, -0.2) is 9.69 Å². The van der Waals surface area contributed by atoms with Gasteiger partial charge in [-0.1, -0.05) is 54.1 Å². The van der Waals surface area contributed by atoms with Crippen molar-refractivity contribution in [2.24, 2.45) is 5.92 Å². The Balaban J connectivity index is 1.54. The van der Waals surface area contributed by atoms with Gasteiger partial charge in [0.05, 0.1) is 6.10 Å². The Labute approximate surface area is 194 Å². The largest absolute Gasteiger partial charge is 0.446 e. The van der Waals surface area contributed by atoms with Crippen molar-refractivity contribution in [3.05, 3.63) is 70.7 Å². The van der Waals surface area contributed by atoms with Crippen molar-refractivity contribution in [2.75, 3.05) is 13.2 Å². The Morgan fingerprint density at radius 1 is 1.09 bits per heavy atom. The zero-order valence-corrected chi connectivity index (χ0v) is 19.2. The molecule has 170 valence electrons. The topological polar surface area (TPSA) is 55.8 Å². The predicted molar refractivity (Wildman–Crippen MR) is 124 cm³/mol. The third-order valence-corrected chi connectivity index (χ3v) is 6.96. The van der Waals surface area contributed by atoms with Crippen LogP contribution in [0.1, 0.15) is 62.1 Å². The molecule has 4 rings (SSSR count). The monoisotopic (exact) mass is 455 g/mol. The minimum Gasteiger partial charge on any atom is -0.446 e. The number of amides is 2. The van der Waals surface area contributed by atoms with Gasteiger partial charge in [0.1, 0.15) is 12.6 Å². The highest BCUT2D eigenvalue weighted by Crippen LogP contribution is 2.40. The van der Waals surface area contributed by atoms with E-state index in [0.717, 1.165) is 43.4 Å². The molecular weight excluding hydrogens is 426 g/mol. The van der Waals surface area contributed by atoms with Gasteiger partial charge >= 0.3 is 6.09 Å². The second-order valence-electron chi connectivity index (χ2n) is 8.62. The summed E-state index contributed by atoms with van der Waals surface area (Å²) in [7, 11) is 0. The molecule has 2 aliphatic rings. The van der Waals surface area contributed by atoms with Crippen LogP contribution < -0.4 is 0 Å². The first-order chi connectivity index (χ1) is 15.6. The lowest BCUT2D eigenvalue weighted by atomic mass is 9.74. The van der Waals surface area contributed by atoms with E-state index in [1.165, 1.54) is 4.90 Å². The van der Waals surface area contributed by atoms with Crippen molar-refractivity contribution in [1.82, 2.24) is 4.90 Å². The minimum absolute atomic E-state index is 0.0205. The lowest BCUT2D eigenvalue weighted by Crippen LogP contribution is -2.36. The molecule has 0 aromatic heterocycles. The molecule has 2 aromatic rings. The summed E-state index contributed by atoms with van der Waals surface area (Å²) in [5.74, 6) is 0.186. The fourth-order valence-electron chi connectivity index (χ4n) is 5.06. The normalized spacial score (nSPS) is 24.2. The van der Waals surface area contributed by atoms with E-state index in [2.05, 4.69) is 0 Å². The van der Waals surface area contributed by atoms with Gasteiger partial charge in [0, 0.05) is 18.1 Å². The summed E-state index contributed by atoms with van der Waals surface area (Å²) >= 11 is 6.12. The molecule has 2 aromatic carbocycles. The summed E-state index contributed by atoms with van der Waals surface area (Å²) in [5.41, 5.74) is 2.00. The number of carbonyl (C=O) groups is 2. The van der Waals surface area contributed by atoms with Gasteiger partial charge in [0.2, 0.25) is 5.91 Å². The summed E-state index contributed by atoms with van der Waals surface area (Å²) in [4.78, 5) is 27.3. The smallest absolute Gasteiger partial charge is 0.417 e. The number of nitrogens with zero attached hydrogens (tertiary/aromatic N) is 1. The van der Waals surface area contributed by atoms with Crippen molar-refractivity contribution in [2.45, 2.75) is 57.1 Å². The summed E-state index contributed by atoms with van der Waals surface area (Å²) in [6.45, 7) is 2.95. The van der Waals surface area contributed by atoms with E-state index in [-0.39, 0.29) is 30.9 Å². The van der Waals surface area contributed by atoms with Gasteiger partial charge in [-0.05, 0) is 67.7 Å². The van der Waals surface area contributed by atoms with Crippen LogP contribution in [0.5, 0.6) is 0 Å². The molecule has 1 saturated heterocycles. The molecule has 1 aliphatic carbocycles. The van der Waals surface area contributed by atoms with Gasteiger partial charge in [-0.3, -0.25) is 4.79 Å². The van der Waals surface area contributed by atoms with Crippen LogP contribution in [0.3, 0.4) is 0 Å². The van der Waals surface area contributed by atoms with Crippen LogP contribution in [-0.2, 0) is 14.3 Å². The molecule has 2 fully saturated rings. The molecule has 0 bridgehead atoms. The first kappa shape index (κ1) is 22.8. The van der Waals surface area contributed by atoms with Gasteiger partial charge in [0.25, 0.3) is 0 Å². The van der Waals surface area contributed by atoms with E-state index in [9.17, 15) is 9.59 Å². The lowest BCUT2D eigenvalue weighted by molar-refractivity contribution is -0.130. The lowest BCUT2D eigenvalue weighted by Gasteiger charge is -2.34. The molecule has 1 heterocycles. The Morgan fingerprint density at radius 3 is 2.44 bits per heavy atom. The molecule has 1 saturated carbocycles. The predicted octanol–water partition coefficient (Wildman–Crippen LogP) is 6.13. The van der Waals surface area contributed by atoms with E-state index >= 15 is 0 Å². The van der Waals surface area contributed by atoms with Gasteiger partial charge in [-0.2, -0.15) is 0 Å². The highest BCUT2D eigenvalue weighted by molar-refractivity contribution is 6.30. The third-order valence-electron chi connectivity index (χ3n) is 6.71. The summed E-state index contributed by atoms with van der Waals surface area (Å²) in [5, 5.41) is 0.672. The molecule has 2 atom stereocenters. The minimum atomic E-state index is -0.557. The van der Waals surface area contributed by atoms with Gasteiger partial charge < -0.3 is 9.47 Å². The summed E-state index contributed by atoms with van der Waals surface area (Å²) < 4.78 is 11.1. The maximum atomic E-state index is 13.5. The van der Waals surface area contributed by atoms with Crippen molar-refractivity contribution in [3.63, 3.8) is 0 Å². The average Bonchev–Trinajstić information content (AvgIpc) is 3.21. The number of halogens is 1. The van der Waals surface area contributed by atoms with E-state index in [1.807, 2.05) is 61.5 Å². The fourth-order valence-corrected chi connectivity index (χ4v) is 5.19. The molecule has 0 N–H and O–H groups in total. The fraction of sp³-hybridized carbons (Fsp3) is 0.462. The van der Waals surface area contributed by atoms with Gasteiger partial charge in [0.15, 0.2) is 0 Å². The first-order valence-corrected chi connectivity index (χ1v) is 11.9. The average molecular weight is 456 g/mol. The molecule has 1 aliphatic heterocycles. The second kappa shape index (κ2) is 10.5. The maximum Gasteiger partial charge on any atom is 0.417 e. The Morgan fingerprint density at radius 2 is 1.78 bits per heavy atom. The van der Waals surface area contributed by atoms with Crippen LogP contribution in [0.25, 0.3) is 0 Å². The highest BCUT2D eigenvalue weighted by atomic mass is 35.5. The molecular formula is C26H30ClNO4. The van der Waals surface area contributed by atoms with Crippen LogP contribution in [0.15, 0.2) is 54.6 Å². The van der Waals surface area contributed by atoms with E-state index in [1.54, 1.807) is 0 Å². The Hall–Kier alpha value is -2.37. The number of imide groups is 1. The van der Waals surface area contributed by atoms with E-state index in [4.69, 9.17) is 21.1 Å². The number of benzene rings is 2. The van der Waals surface area contributed by atoms with Crippen LogP contribution in [0, 0.1) is 5.92 Å². The number of hydrogen-bond acceptors (Lipinski definition) is 4. The zero-order chi connectivity index (χ0) is 22.5. The molecule has 0 spiro atoms. The van der Waals surface area contributed by atoms with Crippen molar-refractivity contribution >= 4 is 23.6 Å². The molecule has 32 heavy (non-hydrogen) atoms. The summed E-state index contributed by atoms with van der Waals surface area (Å²) in [6.07, 6.45) is 4.00. The molecule has 6 heteroatoms. The first-order valence-electron chi connectivity index (χ1n) is 11.5. The van der Waals surface area contributed by atoms with Crippen LogP contribution in [0.2, 0.25) is 5.02 Å². The second-order valence-corrected chi connectivity index (χ2v) is 9.06. The molecule has 0 unspecified atom stereocenters. The molecule has 2 amide bonds.